The molecule has 1 unspecified atom stereocenters. The lowest BCUT2D eigenvalue weighted by Gasteiger charge is -2.44. The number of phosphoric ester groups is 1. The molecule has 57 heavy (non-hydrogen) atoms. The molecule has 0 radical (unpaired) electrons. The van der Waals surface area contributed by atoms with Gasteiger partial charge >= 0.3 is 7.82 Å². The van der Waals surface area contributed by atoms with E-state index in [4.69, 9.17) is 27.1 Å². The van der Waals surface area contributed by atoms with Gasteiger partial charge < -0.3 is 32.0 Å². The Labute approximate surface area is 346 Å². The third-order valence-electron chi connectivity index (χ3n) is 12.3. The zero-order chi connectivity index (χ0) is 43.4. The normalized spacial score (nSPS) is 21.0. The van der Waals surface area contributed by atoms with Gasteiger partial charge in [-0.1, -0.05) is 101 Å². The highest BCUT2D eigenvalue weighted by atomic mass is 31.2. The summed E-state index contributed by atoms with van der Waals surface area (Å²) in [5.41, 5.74) is 0.525. The number of para-hydroxylation sites is 1. The molecule has 13 nitrogen and oxygen atoms in total. The number of rotatable bonds is 15. The Balaban J connectivity index is 0.00000113. The van der Waals surface area contributed by atoms with E-state index in [-0.39, 0.29) is 32.3 Å². The number of fused-ring (bicyclic) bond motifs is 1. The second-order valence-corrected chi connectivity index (χ2v) is 35.0. The van der Waals surface area contributed by atoms with E-state index in [1.54, 1.807) is 41.2 Å². The lowest BCUT2D eigenvalue weighted by atomic mass is 10.1. The van der Waals surface area contributed by atoms with Crippen molar-refractivity contribution in [2.75, 3.05) is 26.2 Å². The molecule has 2 aromatic heterocycles. The number of benzene rings is 1. The fourth-order valence-electron chi connectivity index (χ4n) is 5.37. The molecule has 1 aliphatic rings. The first-order valence-corrected chi connectivity index (χ1v) is 30.5. The van der Waals surface area contributed by atoms with Gasteiger partial charge in [-0.15, -0.1) is 0 Å². The summed E-state index contributed by atoms with van der Waals surface area (Å²) in [4.78, 5) is 26.2. The monoisotopic (exact) mass is 867 g/mol. The molecule has 4 rings (SSSR count). The molecule has 1 saturated heterocycles. The molecule has 0 amide bonds. The van der Waals surface area contributed by atoms with Gasteiger partial charge in [-0.25, -0.2) is 14.5 Å². The van der Waals surface area contributed by atoms with E-state index in [2.05, 4.69) is 142 Å². The molecular weight excluding hydrogens is 794 g/mol. The Hall–Kier alpha value is -1.99. The number of hydrogen-bond donors (Lipinski definition) is 1. The van der Waals surface area contributed by atoms with Crippen LogP contribution < -0.4 is 9.05 Å². The molecule has 324 valence electrons. The topological polar surface area (TPSA) is 140 Å². The third kappa shape index (κ3) is 12.5. The van der Waals surface area contributed by atoms with Gasteiger partial charge in [0.25, 0.3) is 5.88 Å². The van der Waals surface area contributed by atoms with Crippen LogP contribution in [0.5, 0.6) is 11.6 Å². The summed E-state index contributed by atoms with van der Waals surface area (Å²) in [6.07, 6.45) is 0.691. The fourth-order valence-corrected chi connectivity index (χ4v) is 9.77. The van der Waals surface area contributed by atoms with Gasteiger partial charge in [-0.05, 0) is 86.2 Å². The maximum atomic E-state index is 13.0. The highest BCUT2D eigenvalue weighted by Gasteiger charge is 2.55. The summed E-state index contributed by atoms with van der Waals surface area (Å²) in [7, 11) is -11.6. The minimum atomic E-state index is -4.63. The van der Waals surface area contributed by atoms with Crippen LogP contribution in [0, 0.1) is 0 Å². The van der Waals surface area contributed by atoms with Crippen molar-refractivity contribution in [1.82, 2.24) is 24.4 Å². The zero-order valence-electron chi connectivity index (χ0n) is 38.2. The van der Waals surface area contributed by atoms with Crippen molar-refractivity contribution in [2.24, 2.45) is 0 Å². The Bertz CT molecular complexity index is 1770. The summed E-state index contributed by atoms with van der Waals surface area (Å²) < 4.78 is 53.8. The molecule has 0 bridgehead atoms. The summed E-state index contributed by atoms with van der Waals surface area (Å²) in [6, 6.07) is 8.27. The van der Waals surface area contributed by atoms with E-state index < -0.39 is 57.3 Å². The average molecular weight is 868 g/mol. The summed E-state index contributed by atoms with van der Waals surface area (Å²) in [6.45, 7) is 43.8. The van der Waals surface area contributed by atoms with Crippen LogP contribution >= 0.6 is 7.82 Å². The molecule has 17 heteroatoms. The SMILES string of the molecule is CC(C)(C)[Si](C)(C)OC[C@H]1O[C@@H](n2cnc3c(OP(=O)(O)Oc4ccccc4)ncnc32)[C@H](O[Si](C)(C)C(C)(C)C)[C@@H]1O[Si](C)(C)C(C)(C)C.CCN(CC)CC. The molecule has 0 aliphatic carbocycles. The van der Waals surface area contributed by atoms with Crippen LogP contribution in [0.1, 0.15) is 89.3 Å². The van der Waals surface area contributed by atoms with Gasteiger partial charge in [0.15, 0.2) is 42.3 Å². The van der Waals surface area contributed by atoms with Crippen molar-refractivity contribution >= 4 is 43.9 Å². The standard InChI is InChI=1S/C34H59N4O8PSi3.C6H15N/c1-32(2,3)48(10,11)41-21-25-27(45-49(12,13)33(4,5)6)28(46-50(14,15)34(7,8)9)31(42-25)38-23-37-26-29(38)35-22-36-30(26)44-47(39,40)43-24-19-17-16-18-20-24;1-4-7(5-2)6-3/h16-20,22-23,25,27-28,31H,21H2,1-15H3,(H,39,40);4-6H2,1-3H3/t25-,27-,28-,31-;/m1./s1. The van der Waals surface area contributed by atoms with E-state index >= 15 is 0 Å². The van der Waals surface area contributed by atoms with Gasteiger partial charge in [0.2, 0.25) is 0 Å². The highest BCUT2D eigenvalue weighted by molar-refractivity contribution is 7.48. The number of aromatic nitrogens is 4. The van der Waals surface area contributed by atoms with Crippen LogP contribution in [0.15, 0.2) is 43.0 Å². The number of ether oxygens (including phenoxy) is 1. The number of phosphoric acid groups is 1. The van der Waals surface area contributed by atoms with Crippen molar-refractivity contribution in [1.29, 1.82) is 0 Å². The average Bonchev–Trinajstić information content (AvgIpc) is 3.65. The van der Waals surface area contributed by atoms with Gasteiger partial charge in [-0.3, -0.25) is 9.46 Å². The Morgan fingerprint density at radius 3 is 1.74 bits per heavy atom. The van der Waals surface area contributed by atoms with Gasteiger partial charge in [0, 0.05) is 0 Å². The first-order chi connectivity index (χ1) is 26.0. The Kier molecular flexibility index (Phi) is 16.2. The van der Waals surface area contributed by atoms with Crippen LogP contribution in [0.4, 0.5) is 0 Å². The van der Waals surface area contributed by atoms with E-state index in [0.717, 1.165) is 0 Å². The summed E-state index contributed by atoms with van der Waals surface area (Å²) >= 11 is 0. The minimum absolute atomic E-state index is 0.00205. The van der Waals surface area contributed by atoms with Crippen molar-refractivity contribution in [2.45, 2.75) is 162 Å². The summed E-state index contributed by atoms with van der Waals surface area (Å²) in [5.74, 6) is -0.0138. The minimum Gasteiger partial charge on any atom is -0.414 e. The molecule has 5 atom stereocenters. The predicted molar refractivity (Wildman–Crippen MR) is 238 cm³/mol. The van der Waals surface area contributed by atoms with Crippen LogP contribution in [0.2, 0.25) is 54.4 Å². The third-order valence-corrected chi connectivity index (χ3v) is 26.6. The molecule has 3 aromatic rings. The highest BCUT2D eigenvalue weighted by Crippen LogP contribution is 2.48. The Morgan fingerprint density at radius 1 is 0.754 bits per heavy atom. The van der Waals surface area contributed by atoms with Crippen molar-refractivity contribution in [3.8, 4) is 11.6 Å². The van der Waals surface area contributed by atoms with E-state index in [1.165, 1.54) is 26.0 Å². The first-order valence-electron chi connectivity index (χ1n) is 20.3. The van der Waals surface area contributed by atoms with Crippen LogP contribution in [0.3, 0.4) is 0 Å². The van der Waals surface area contributed by atoms with Crippen molar-refractivity contribution < 1.29 is 36.5 Å². The van der Waals surface area contributed by atoms with Crippen LogP contribution in [-0.4, -0.2) is 98.8 Å². The van der Waals surface area contributed by atoms with Gasteiger partial charge in [-0.2, -0.15) is 4.98 Å². The lowest BCUT2D eigenvalue weighted by Crippen LogP contribution is -2.54. The second-order valence-electron chi connectivity index (χ2n) is 19.4. The second kappa shape index (κ2) is 18.7. The smallest absolute Gasteiger partial charge is 0.414 e. The number of hydrogen-bond acceptors (Lipinski definition) is 11. The van der Waals surface area contributed by atoms with Gasteiger partial charge in [0.1, 0.15) is 30.4 Å². The molecule has 1 fully saturated rings. The lowest BCUT2D eigenvalue weighted by molar-refractivity contribution is -0.0470. The number of nitrogens with zero attached hydrogens (tertiary/aromatic N) is 5. The summed E-state index contributed by atoms with van der Waals surface area (Å²) in [5, 5.41) is -0.170. The van der Waals surface area contributed by atoms with E-state index in [9.17, 15) is 9.46 Å². The largest absolute Gasteiger partial charge is 0.586 e. The molecule has 0 spiro atoms. The van der Waals surface area contributed by atoms with Crippen molar-refractivity contribution in [3.63, 3.8) is 0 Å². The van der Waals surface area contributed by atoms with Crippen LogP contribution in [-0.2, 0) is 22.6 Å². The molecule has 1 N–H and O–H groups in total. The zero-order valence-corrected chi connectivity index (χ0v) is 42.1. The van der Waals surface area contributed by atoms with E-state index in [1.807, 2.05) is 0 Å². The maximum absolute atomic E-state index is 13.0. The van der Waals surface area contributed by atoms with Gasteiger partial charge in [0.05, 0.1) is 12.9 Å². The predicted octanol–water partition coefficient (Wildman–Crippen LogP) is 10.4. The van der Waals surface area contributed by atoms with E-state index in [0.29, 0.717) is 12.3 Å². The first kappa shape index (κ1) is 49.4. The van der Waals surface area contributed by atoms with Crippen LogP contribution in [0.25, 0.3) is 11.2 Å². The number of imidazole rings is 1. The quantitative estimate of drug-likeness (QED) is 0.115. The molecule has 3 heterocycles. The van der Waals surface area contributed by atoms with Crippen molar-refractivity contribution in [3.05, 3.63) is 43.0 Å². The molecule has 0 saturated carbocycles. The Morgan fingerprint density at radius 2 is 1.26 bits per heavy atom. The maximum Gasteiger partial charge on any atom is 0.586 e. The molecular formula is C40H74N5O8PSi3. The fraction of sp³-hybridized carbons (Fsp3) is 0.725. The molecule has 1 aromatic carbocycles. The molecule has 1 aliphatic heterocycles.